The second-order valence-electron chi connectivity index (χ2n) is 5.25. The Morgan fingerprint density at radius 3 is 2.77 bits per heavy atom. The normalized spacial score (nSPS) is 11.1. The maximum atomic E-state index is 12.4. The maximum absolute atomic E-state index is 12.4. The Hall–Kier alpha value is -1.96. The summed E-state index contributed by atoms with van der Waals surface area (Å²) < 4.78 is 2.84. The van der Waals surface area contributed by atoms with Crippen LogP contribution in [0, 0.1) is 3.57 Å². The summed E-state index contributed by atoms with van der Waals surface area (Å²) >= 11 is 2.19. The number of rotatable bonds is 3. The van der Waals surface area contributed by atoms with Crippen LogP contribution in [-0.2, 0) is 0 Å². The summed E-state index contributed by atoms with van der Waals surface area (Å²) in [6.45, 7) is 4.10. The molecule has 0 unspecified atom stereocenters. The number of nitrogens with one attached hydrogen (secondary N) is 1. The molecule has 0 spiro atoms. The van der Waals surface area contributed by atoms with Gasteiger partial charge in [-0.1, -0.05) is 12.1 Å². The van der Waals surface area contributed by atoms with Crippen molar-refractivity contribution in [2.24, 2.45) is 0 Å². The lowest BCUT2D eigenvalue weighted by atomic mass is 10.2. The minimum Gasteiger partial charge on any atom is -0.321 e. The van der Waals surface area contributed by atoms with Gasteiger partial charge in [-0.15, -0.1) is 0 Å². The zero-order chi connectivity index (χ0) is 15.7. The Balaban J connectivity index is 1.90. The third kappa shape index (κ3) is 2.83. The maximum Gasteiger partial charge on any atom is 0.257 e. The summed E-state index contributed by atoms with van der Waals surface area (Å²) in [4.78, 5) is 16.8. The molecule has 0 bridgehead atoms. The number of pyridine rings is 1. The number of carbonyl (C=O) groups excluding carboxylic acids is 1. The molecule has 5 nitrogen and oxygen atoms in total. The molecule has 2 heterocycles. The number of para-hydroxylation sites is 1. The van der Waals surface area contributed by atoms with Crippen LogP contribution in [0.5, 0.6) is 0 Å². The largest absolute Gasteiger partial charge is 0.321 e. The van der Waals surface area contributed by atoms with Gasteiger partial charge in [0.05, 0.1) is 17.4 Å². The highest BCUT2D eigenvalue weighted by Crippen LogP contribution is 2.20. The number of fused-ring (bicyclic) bond motifs is 1. The van der Waals surface area contributed by atoms with Crippen molar-refractivity contribution < 1.29 is 4.79 Å². The van der Waals surface area contributed by atoms with E-state index < -0.39 is 0 Å². The highest BCUT2D eigenvalue weighted by molar-refractivity contribution is 14.1. The third-order valence-electron chi connectivity index (χ3n) is 3.31. The van der Waals surface area contributed by atoms with Crippen molar-refractivity contribution in [1.29, 1.82) is 0 Å². The zero-order valence-corrected chi connectivity index (χ0v) is 14.4. The number of halogens is 1. The number of carbonyl (C=O) groups is 1. The predicted molar refractivity (Wildman–Crippen MR) is 95.0 cm³/mol. The van der Waals surface area contributed by atoms with Gasteiger partial charge in [-0.2, -0.15) is 5.10 Å². The molecule has 22 heavy (non-hydrogen) atoms. The number of amides is 1. The first-order valence-corrected chi connectivity index (χ1v) is 8.03. The molecule has 6 heteroatoms. The van der Waals surface area contributed by atoms with Crippen LogP contribution in [0.15, 0.2) is 42.7 Å². The summed E-state index contributed by atoms with van der Waals surface area (Å²) in [7, 11) is 0. The molecule has 0 saturated carbocycles. The van der Waals surface area contributed by atoms with Gasteiger partial charge in [0.15, 0.2) is 5.65 Å². The van der Waals surface area contributed by atoms with Crippen molar-refractivity contribution in [2.45, 2.75) is 19.9 Å². The molecule has 2 aromatic heterocycles. The average Bonchev–Trinajstić information content (AvgIpc) is 2.92. The molecule has 3 rings (SSSR count). The highest BCUT2D eigenvalue weighted by Gasteiger charge is 2.12. The number of hydrogen-bond acceptors (Lipinski definition) is 3. The monoisotopic (exact) mass is 406 g/mol. The molecule has 0 radical (unpaired) electrons. The van der Waals surface area contributed by atoms with Gasteiger partial charge >= 0.3 is 0 Å². The van der Waals surface area contributed by atoms with Crippen molar-refractivity contribution in [1.82, 2.24) is 14.8 Å². The third-order valence-corrected chi connectivity index (χ3v) is 4.25. The van der Waals surface area contributed by atoms with Crippen molar-refractivity contribution in [2.75, 3.05) is 5.32 Å². The Morgan fingerprint density at radius 1 is 1.27 bits per heavy atom. The predicted octanol–water partition coefficient (Wildman–Crippen LogP) is 3.87. The van der Waals surface area contributed by atoms with E-state index in [4.69, 9.17) is 0 Å². The van der Waals surface area contributed by atoms with Crippen LogP contribution in [-0.4, -0.2) is 20.7 Å². The van der Waals surface area contributed by atoms with Gasteiger partial charge < -0.3 is 5.32 Å². The number of aromatic nitrogens is 3. The molecule has 0 saturated heterocycles. The quantitative estimate of drug-likeness (QED) is 0.672. The van der Waals surface area contributed by atoms with Crippen LogP contribution in [0.4, 0.5) is 5.69 Å². The Labute approximate surface area is 141 Å². The van der Waals surface area contributed by atoms with Gasteiger partial charge in [0, 0.05) is 21.2 Å². The molecule has 1 aromatic carbocycles. The molecular weight excluding hydrogens is 391 g/mol. The lowest BCUT2D eigenvalue weighted by Crippen LogP contribution is -2.13. The Kier molecular flexibility index (Phi) is 4.10. The second kappa shape index (κ2) is 6.04. The van der Waals surface area contributed by atoms with E-state index in [2.05, 4.69) is 38.0 Å². The molecular formula is C16H15IN4O. The van der Waals surface area contributed by atoms with Crippen LogP contribution < -0.4 is 5.32 Å². The first-order valence-electron chi connectivity index (χ1n) is 6.95. The first-order chi connectivity index (χ1) is 10.6. The van der Waals surface area contributed by atoms with Crippen LogP contribution in [0.2, 0.25) is 0 Å². The summed E-state index contributed by atoms with van der Waals surface area (Å²) in [5, 5.41) is 8.09. The molecule has 0 aliphatic carbocycles. The van der Waals surface area contributed by atoms with Crippen molar-refractivity contribution >= 4 is 45.2 Å². The number of nitrogens with zero attached hydrogens (tertiary/aromatic N) is 3. The first kappa shape index (κ1) is 15.0. The van der Waals surface area contributed by atoms with Crippen LogP contribution in [0.25, 0.3) is 11.0 Å². The molecule has 1 N–H and O–H groups in total. The Morgan fingerprint density at radius 2 is 2.05 bits per heavy atom. The van der Waals surface area contributed by atoms with E-state index in [0.717, 1.165) is 20.3 Å². The van der Waals surface area contributed by atoms with Gasteiger partial charge in [-0.3, -0.25) is 4.79 Å². The number of benzene rings is 1. The zero-order valence-electron chi connectivity index (χ0n) is 12.2. The average molecular weight is 406 g/mol. The minimum atomic E-state index is -0.171. The summed E-state index contributed by atoms with van der Waals surface area (Å²) in [6, 6.07) is 9.71. The molecule has 1 amide bonds. The van der Waals surface area contributed by atoms with E-state index in [0.29, 0.717) is 5.56 Å². The summed E-state index contributed by atoms with van der Waals surface area (Å²) in [5.74, 6) is -0.171. The van der Waals surface area contributed by atoms with Crippen LogP contribution >= 0.6 is 22.6 Å². The topological polar surface area (TPSA) is 59.8 Å². The number of hydrogen-bond donors (Lipinski definition) is 1. The lowest BCUT2D eigenvalue weighted by Gasteiger charge is -2.08. The van der Waals surface area contributed by atoms with Crippen molar-refractivity contribution in [3.63, 3.8) is 0 Å². The van der Waals surface area contributed by atoms with Gasteiger partial charge in [0.2, 0.25) is 0 Å². The van der Waals surface area contributed by atoms with Crippen LogP contribution in [0.3, 0.4) is 0 Å². The van der Waals surface area contributed by atoms with E-state index in [-0.39, 0.29) is 11.9 Å². The molecule has 0 fully saturated rings. The number of anilines is 1. The fourth-order valence-corrected chi connectivity index (χ4v) is 2.72. The molecule has 3 aromatic rings. The Bertz CT molecular complexity index is 841. The van der Waals surface area contributed by atoms with Gasteiger partial charge in [0.1, 0.15) is 0 Å². The summed E-state index contributed by atoms with van der Waals surface area (Å²) in [5.41, 5.74) is 2.11. The van der Waals surface area contributed by atoms with Gasteiger partial charge in [-0.05, 0) is 54.6 Å². The fraction of sp³-hybridized carbons (Fsp3) is 0.188. The smallest absolute Gasteiger partial charge is 0.257 e. The summed E-state index contributed by atoms with van der Waals surface area (Å²) in [6.07, 6.45) is 3.33. The van der Waals surface area contributed by atoms with Crippen LogP contribution in [0.1, 0.15) is 30.2 Å². The van der Waals surface area contributed by atoms with E-state index >= 15 is 0 Å². The van der Waals surface area contributed by atoms with E-state index in [1.165, 1.54) is 0 Å². The van der Waals surface area contributed by atoms with E-state index in [9.17, 15) is 4.79 Å². The standard InChI is InChI=1S/C16H15IN4O/c1-10(2)21-15-11(9-19-21)7-12(8-18-15)16(22)20-14-6-4-3-5-13(14)17/h3-10H,1-2H3,(H,20,22). The van der Waals surface area contributed by atoms with Crippen molar-refractivity contribution in [3.05, 3.63) is 51.9 Å². The molecule has 0 aliphatic rings. The van der Waals surface area contributed by atoms with E-state index in [1.54, 1.807) is 12.4 Å². The second-order valence-corrected chi connectivity index (χ2v) is 6.42. The SMILES string of the molecule is CC(C)n1ncc2cc(C(=O)Nc3ccccc3I)cnc21. The fourth-order valence-electron chi connectivity index (χ4n) is 2.20. The lowest BCUT2D eigenvalue weighted by molar-refractivity contribution is 0.102. The highest BCUT2D eigenvalue weighted by atomic mass is 127. The van der Waals surface area contributed by atoms with Crippen molar-refractivity contribution in [3.8, 4) is 0 Å². The minimum absolute atomic E-state index is 0.171. The molecule has 0 aliphatic heterocycles. The van der Waals surface area contributed by atoms with E-state index in [1.807, 2.05) is 48.9 Å². The molecule has 0 atom stereocenters. The molecule has 112 valence electrons. The van der Waals surface area contributed by atoms with Gasteiger partial charge in [0.25, 0.3) is 5.91 Å². The van der Waals surface area contributed by atoms with Gasteiger partial charge in [-0.25, -0.2) is 9.67 Å².